The zero-order valence-electron chi connectivity index (χ0n) is 11.9. The van der Waals surface area contributed by atoms with E-state index in [1.807, 2.05) is 45.0 Å². The van der Waals surface area contributed by atoms with E-state index in [0.717, 1.165) is 17.7 Å². The summed E-state index contributed by atoms with van der Waals surface area (Å²) in [5.74, 6) is 0.839. The van der Waals surface area contributed by atoms with Gasteiger partial charge in [0.25, 0.3) is 0 Å². The Bertz CT molecular complexity index is 484. The van der Waals surface area contributed by atoms with Crippen molar-refractivity contribution in [2.75, 3.05) is 13.2 Å². The van der Waals surface area contributed by atoms with Crippen LogP contribution in [0.1, 0.15) is 39.2 Å². The standard InChI is InChI=1S/C16H21NO2/c1-15(2,3)19-11-9-16(12-17)8-10-18-14-7-5-4-6-13(14)16/h4-7H,8-11H2,1-3H3. The summed E-state index contributed by atoms with van der Waals surface area (Å²) < 4.78 is 11.4. The van der Waals surface area contributed by atoms with E-state index in [4.69, 9.17) is 9.47 Å². The first-order valence-corrected chi connectivity index (χ1v) is 6.74. The number of para-hydroxylation sites is 1. The Morgan fingerprint density at radius 3 is 2.79 bits per heavy atom. The monoisotopic (exact) mass is 259 g/mol. The van der Waals surface area contributed by atoms with Crippen molar-refractivity contribution < 1.29 is 9.47 Å². The molecule has 0 bridgehead atoms. The van der Waals surface area contributed by atoms with Crippen molar-refractivity contribution in [1.29, 1.82) is 5.26 Å². The summed E-state index contributed by atoms with van der Waals surface area (Å²) in [6.45, 7) is 7.28. The molecule has 2 rings (SSSR count). The van der Waals surface area contributed by atoms with Crippen molar-refractivity contribution in [2.24, 2.45) is 0 Å². The van der Waals surface area contributed by atoms with Crippen molar-refractivity contribution >= 4 is 0 Å². The third-order valence-electron chi connectivity index (χ3n) is 3.47. The number of hydrogen-bond donors (Lipinski definition) is 0. The number of ether oxygens (including phenoxy) is 2. The van der Waals surface area contributed by atoms with Crippen molar-refractivity contribution in [2.45, 2.75) is 44.6 Å². The van der Waals surface area contributed by atoms with Crippen LogP contribution in [0.5, 0.6) is 5.75 Å². The van der Waals surface area contributed by atoms with Crippen LogP contribution in [0.4, 0.5) is 0 Å². The third kappa shape index (κ3) is 3.08. The molecule has 0 aliphatic carbocycles. The van der Waals surface area contributed by atoms with Crippen LogP contribution in [0.3, 0.4) is 0 Å². The normalized spacial score (nSPS) is 22.2. The second-order valence-electron chi connectivity index (χ2n) is 6.00. The molecule has 3 nitrogen and oxygen atoms in total. The molecule has 0 spiro atoms. The maximum atomic E-state index is 9.66. The quantitative estimate of drug-likeness (QED) is 0.835. The molecule has 1 heterocycles. The lowest BCUT2D eigenvalue weighted by molar-refractivity contribution is -0.0108. The third-order valence-corrected chi connectivity index (χ3v) is 3.47. The lowest BCUT2D eigenvalue weighted by Gasteiger charge is -2.34. The second kappa shape index (κ2) is 5.22. The largest absolute Gasteiger partial charge is 0.493 e. The smallest absolute Gasteiger partial charge is 0.124 e. The number of nitrogens with zero attached hydrogens (tertiary/aromatic N) is 1. The van der Waals surface area contributed by atoms with Gasteiger partial charge in [-0.15, -0.1) is 0 Å². The average Bonchev–Trinajstić information content (AvgIpc) is 2.37. The van der Waals surface area contributed by atoms with Gasteiger partial charge in [-0.1, -0.05) is 18.2 Å². The first kappa shape index (κ1) is 13.9. The fourth-order valence-corrected chi connectivity index (χ4v) is 2.42. The maximum Gasteiger partial charge on any atom is 0.124 e. The Kier molecular flexibility index (Phi) is 3.82. The van der Waals surface area contributed by atoms with Gasteiger partial charge in [0.2, 0.25) is 0 Å². The Morgan fingerprint density at radius 2 is 2.11 bits per heavy atom. The minimum absolute atomic E-state index is 0.165. The molecule has 0 amide bonds. The fourth-order valence-electron chi connectivity index (χ4n) is 2.42. The molecular formula is C16H21NO2. The predicted octanol–water partition coefficient (Wildman–Crippen LogP) is 3.44. The summed E-state index contributed by atoms with van der Waals surface area (Å²) in [6, 6.07) is 10.3. The van der Waals surface area contributed by atoms with E-state index in [9.17, 15) is 5.26 Å². The average molecular weight is 259 g/mol. The highest BCUT2D eigenvalue weighted by Crippen LogP contribution is 2.40. The highest BCUT2D eigenvalue weighted by molar-refractivity contribution is 5.45. The molecular weight excluding hydrogens is 238 g/mol. The van der Waals surface area contributed by atoms with Crippen molar-refractivity contribution in [1.82, 2.24) is 0 Å². The summed E-state index contributed by atoms with van der Waals surface area (Å²) in [6.07, 6.45) is 1.44. The highest BCUT2D eigenvalue weighted by Gasteiger charge is 2.37. The summed E-state index contributed by atoms with van der Waals surface area (Å²) in [5.41, 5.74) is 0.364. The van der Waals surface area contributed by atoms with Gasteiger partial charge in [0.05, 0.1) is 23.7 Å². The summed E-state index contributed by atoms with van der Waals surface area (Å²) >= 11 is 0. The molecule has 0 saturated heterocycles. The summed E-state index contributed by atoms with van der Waals surface area (Å²) in [5, 5.41) is 9.66. The van der Waals surface area contributed by atoms with Crippen LogP contribution in [0, 0.1) is 11.3 Å². The first-order chi connectivity index (χ1) is 8.97. The van der Waals surface area contributed by atoms with Crippen LogP contribution < -0.4 is 4.74 Å². The van der Waals surface area contributed by atoms with Crippen molar-refractivity contribution in [3.05, 3.63) is 29.8 Å². The van der Waals surface area contributed by atoms with Gasteiger partial charge in [-0.25, -0.2) is 0 Å². The Labute approximate surface area is 115 Å². The van der Waals surface area contributed by atoms with E-state index in [2.05, 4.69) is 6.07 Å². The van der Waals surface area contributed by atoms with Gasteiger partial charge in [-0.05, 0) is 33.3 Å². The van der Waals surface area contributed by atoms with E-state index in [0.29, 0.717) is 19.6 Å². The van der Waals surface area contributed by atoms with E-state index < -0.39 is 5.41 Å². The molecule has 1 aromatic rings. The van der Waals surface area contributed by atoms with Crippen LogP contribution in [0.25, 0.3) is 0 Å². The molecule has 0 aromatic heterocycles. The van der Waals surface area contributed by atoms with E-state index in [1.54, 1.807) is 0 Å². The molecule has 0 saturated carbocycles. The zero-order valence-corrected chi connectivity index (χ0v) is 11.9. The second-order valence-corrected chi connectivity index (χ2v) is 6.00. The van der Waals surface area contributed by atoms with Gasteiger partial charge >= 0.3 is 0 Å². The number of fused-ring (bicyclic) bond motifs is 1. The Hall–Kier alpha value is -1.53. The molecule has 0 radical (unpaired) electrons. The Morgan fingerprint density at radius 1 is 1.37 bits per heavy atom. The molecule has 102 valence electrons. The SMILES string of the molecule is CC(C)(C)OCCC1(C#N)CCOc2ccccc21. The number of hydrogen-bond acceptors (Lipinski definition) is 3. The van der Waals surface area contributed by atoms with Crippen LogP contribution in [0.15, 0.2) is 24.3 Å². The molecule has 19 heavy (non-hydrogen) atoms. The molecule has 0 N–H and O–H groups in total. The summed E-state index contributed by atoms with van der Waals surface area (Å²) in [7, 11) is 0. The van der Waals surface area contributed by atoms with Crippen LogP contribution in [-0.2, 0) is 10.2 Å². The van der Waals surface area contributed by atoms with Crippen molar-refractivity contribution in [3.8, 4) is 11.8 Å². The molecule has 3 heteroatoms. The van der Waals surface area contributed by atoms with Crippen LogP contribution in [0.2, 0.25) is 0 Å². The maximum absolute atomic E-state index is 9.66. The van der Waals surface area contributed by atoms with Gasteiger partial charge < -0.3 is 9.47 Å². The van der Waals surface area contributed by atoms with Crippen LogP contribution in [-0.4, -0.2) is 18.8 Å². The molecule has 1 atom stereocenters. The fraction of sp³-hybridized carbons (Fsp3) is 0.562. The number of nitriles is 1. The highest BCUT2D eigenvalue weighted by atomic mass is 16.5. The van der Waals surface area contributed by atoms with Crippen molar-refractivity contribution in [3.63, 3.8) is 0 Å². The minimum Gasteiger partial charge on any atom is -0.493 e. The molecule has 0 fully saturated rings. The topological polar surface area (TPSA) is 42.2 Å². The molecule has 1 aromatic carbocycles. The zero-order chi connectivity index (χ0) is 13.9. The Balaban J connectivity index is 2.18. The molecule has 1 aliphatic rings. The lowest BCUT2D eigenvalue weighted by atomic mass is 9.75. The number of benzene rings is 1. The van der Waals surface area contributed by atoms with Gasteiger partial charge in [-0.2, -0.15) is 5.26 Å². The van der Waals surface area contributed by atoms with Gasteiger partial charge in [0, 0.05) is 18.6 Å². The summed E-state index contributed by atoms with van der Waals surface area (Å²) in [4.78, 5) is 0. The van der Waals surface area contributed by atoms with E-state index >= 15 is 0 Å². The van der Waals surface area contributed by atoms with Crippen LogP contribution >= 0.6 is 0 Å². The van der Waals surface area contributed by atoms with E-state index in [1.165, 1.54) is 0 Å². The first-order valence-electron chi connectivity index (χ1n) is 6.74. The molecule has 1 aliphatic heterocycles. The van der Waals surface area contributed by atoms with Gasteiger partial charge in [0.1, 0.15) is 5.75 Å². The van der Waals surface area contributed by atoms with E-state index in [-0.39, 0.29) is 5.60 Å². The van der Waals surface area contributed by atoms with Gasteiger partial charge in [0.15, 0.2) is 0 Å². The number of rotatable bonds is 3. The van der Waals surface area contributed by atoms with Gasteiger partial charge in [-0.3, -0.25) is 0 Å². The lowest BCUT2D eigenvalue weighted by Crippen LogP contribution is -2.34. The molecule has 1 unspecified atom stereocenters. The predicted molar refractivity (Wildman–Crippen MR) is 74.2 cm³/mol. The minimum atomic E-state index is -0.472.